The number of thioether (sulfide) groups is 1. The minimum Gasteiger partial charge on any atom is -0.302 e. The molecule has 0 aromatic carbocycles. The van der Waals surface area contributed by atoms with Gasteiger partial charge in [0.25, 0.3) is 0 Å². The molecular formula is C12H20N2O2S2. The van der Waals surface area contributed by atoms with Gasteiger partial charge in [-0.15, -0.1) is 0 Å². The molecule has 1 heterocycles. The van der Waals surface area contributed by atoms with E-state index in [9.17, 15) is 9.59 Å². The number of rotatable bonds is 6. The summed E-state index contributed by atoms with van der Waals surface area (Å²) in [6.45, 7) is 5.99. The van der Waals surface area contributed by atoms with Crippen LogP contribution in [0.1, 0.15) is 40.0 Å². The molecule has 2 N–H and O–H groups in total. The monoisotopic (exact) mass is 288 g/mol. The van der Waals surface area contributed by atoms with Gasteiger partial charge in [-0.3, -0.25) is 9.59 Å². The Balaban J connectivity index is 3.10. The Morgan fingerprint density at radius 3 is 2.17 bits per heavy atom. The van der Waals surface area contributed by atoms with Crippen molar-refractivity contribution in [1.82, 2.24) is 10.6 Å². The third-order valence-corrected chi connectivity index (χ3v) is 4.87. The van der Waals surface area contributed by atoms with Gasteiger partial charge in [0, 0.05) is 5.25 Å². The maximum Gasteiger partial charge on any atom is 0.242 e. The van der Waals surface area contributed by atoms with Crippen molar-refractivity contribution in [3.05, 3.63) is 0 Å². The molecule has 0 aliphatic carbocycles. The first-order valence-electron chi connectivity index (χ1n) is 6.31. The van der Waals surface area contributed by atoms with Crippen molar-refractivity contribution in [2.75, 3.05) is 5.75 Å². The first kappa shape index (κ1) is 15.4. The molecule has 1 rings (SSSR count). The lowest BCUT2D eigenvalue weighted by Gasteiger charge is -2.39. The molecule has 1 fully saturated rings. The number of hydrogen-bond donors (Lipinski definition) is 2. The highest BCUT2D eigenvalue weighted by Crippen LogP contribution is 2.39. The van der Waals surface area contributed by atoms with Crippen LogP contribution in [0.5, 0.6) is 0 Å². The molecule has 0 bridgehead atoms. The number of amides is 2. The lowest BCUT2D eigenvalue weighted by molar-refractivity contribution is -0.144. The van der Waals surface area contributed by atoms with Crippen molar-refractivity contribution in [3.8, 4) is 0 Å². The first-order valence-corrected chi connectivity index (χ1v) is 7.77. The van der Waals surface area contributed by atoms with Crippen LogP contribution in [-0.4, -0.2) is 27.9 Å². The van der Waals surface area contributed by atoms with Gasteiger partial charge < -0.3 is 10.6 Å². The summed E-state index contributed by atoms with van der Waals surface area (Å²) in [5.74, 6) is 0.383. The van der Waals surface area contributed by atoms with Crippen LogP contribution in [0.2, 0.25) is 0 Å². The van der Waals surface area contributed by atoms with Crippen LogP contribution >= 0.6 is 24.0 Å². The van der Waals surface area contributed by atoms with Gasteiger partial charge in [-0.25, -0.2) is 0 Å². The molecule has 0 aromatic heterocycles. The van der Waals surface area contributed by atoms with E-state index in [0.717, 1.165) is 18.6 Å². The second-order valence-corrected chi connectivity index (χ2v) is 6.18. The van der Waals surface area contributed by atoms with E-state index in [4.69, 9.17) is 12.2 Å². The minimum absolute atomic E-state index is 0.000556. The molecule has 4 nitrogen and oxygen atoms in total. The van der Waals surface area contributed by atoms with E-state index in [1.807, 2.05) is 13.8 Å². The molecule has 1 atom stereocenters. The van der Waals surface area contributed by atoms with Crippen LogP contribution in [-0.2, 0) is 9.59 Å². The fraction of sp³-hybridized carbons (Fsp3) is 0.750. The molecule has 1 unspecified atom stereocenters. The van der Waals surface area contributed by atoms with Crippen LogP contribution in [0.4, 0.5) is 0 Å². The SMILES string of the molecule is CCCC(SCC)C1(CC)C(=O)NC(=S)NC1=O. The highest BCUT2D eigenvalue weighted by Gasteiger charge is 2.53. The Kier molecular flexibility index (Phi) is 5.59. The molecule has 2 amide bonds. The third kappa shape index (κ3) is 2.69. The summed E-state index contributed by atoms with van der Waals surface area (Å²) in [5, 5.41) is 5.31. The fourth-order valence-electron chi connectivity index (χ4n) is 2.34. The molecular weight excluding hydrogens is 268 g/mol. The molecule has 1 aliphatic rings. The smallest absolute Gasteiger partial charge is 0.242 e. The minimum atomic E-state index is -0.987. The topological polar surface area (TPSA) is 58.2 Å². The summed E-state index contributed by atoms with van der Waals surface area (Å²) in [6, 6.07) is 0. The average Bonchev–Trinajstić information content (AvgIpc) is 2.29. The second kappa shape index (κ2) is 6.52. The third-order valence-electron chi connectivity index (χ3n) is 3.29. The van der Waals surface area contributed by atoms with Gasteiger partial charge in [0.05, 0.1) is 0 Å². The first-order chi connectivity index (χ1) is 8.52. The Morgan fingerprint density at radius 2 is 1.78 bits per heavy atom. The van der Waals surface area contributed by atoms with E-state index < -0.39 is 5.41 Å². The molecule has 18 heavy (non-hydrogen) atoms. The van der Waals surface area contributed by atoms with E-state index in [0.29, 0.717) is 6.42 Å². The number of carbonyl (C=O) groups excluding carboxylic acids is 2. The van der Waals surface area contributed by atoms with E-state index in [1.165, 1.54) is 0 Å². The molecule has 0 radical (unpaired) electrons. The Bertz CT molecular complexity index is 332. The van der Waals surface area contributed by atoms with Gasteiger partial charge in [-0.1, -0.05) is 27.2 Å². The maximum absolute atomic E-state index is 12.3. The van der Waals surface area contributed by atoms with Crippen molar-refractivity contribution in [1.29, 1.82) is 0 Å². The van der Waals surface area contributed by atoms with Gasteiger partial charge in [-0.05, 0) is 30.8 Å². The predicted octanol–water partition coefficient (Wildman–Crippen LogP) is 1.84. The molecule has 0 saturated carbocycles. The molecule has 6 heteroatoms. The Hall–Kier alpha value is -0.620. The lowest BCUT2D eigenvalue weighted by Crippen LogP contribution is -2.65. The summed E-state index contributed by atoms with van der Waals surface area (Å²) in [4.78, 5) is 24.6. The summed E-state index contributed by atoms with van der Waals surface area (Å²) < 4.78 is 0. The average molecular weight is 288 g/mol. The second-order valence-electron chi connectivity index (χ2n) is 4.29. The normalized spacial score (nSPS) is 20.3. The summed E-state index contributed by atoms with van der Waals surface area (Å²) >= 11 is 6.53. The van der Waals surface area contributed by atoms with Gasteiger partial charge in [0.1, 0.15) is 5.41 Å². The zero-order valence-corrected chi connectivity index (χ0v) is 12.7. The fourth-order valence-corrected chi connectivity index (χ4v) is 4.00. The Labute approximate surface area is 118 Å². The van der Waals surface area contributed by atoms with Gasteiger partial charge in [-0.2, -0.15) is 11.8 Å². The molecule has 0 spiro atoms. The largest absolute Gasteiger partial charge is 0.302 e. The van der Waals surface area contributed by atoms with Crippen molar-refractivity contribution >= 4 is 40.9 Å². The zero-order valence-electron chi connectivity index (χ0n) is 11.0. The Morgan fingerprint density at radius 1 is 1.22 bits per heavy atom. The molecule has 0 aromatic rings. The summed E-state index contributed by atoms with van der Waals surface area (Å²) in [5.41, 5.74) is -0.987. The van der Waals surface area contributed by atoms with E-state index in [-0.39, 0.29) is 22.2 Å². The maximum atomic E-state index is 12.3. The molecule has 1 aliphatic heterocycles. The van der Waals surface area contributed by atoms with Crippen molar-refractivity contribution in [3.63, 3.8) is 0 Å². The zero-order chi connectivity index (χ0) is 13.8. The van der Waals surface area contributed by atoms with Gasteiger partial charge >= 0.3 is 0 Å². The van der Waals surface area contributed by atoms with E-state index in [1.54, 1.807) is 11.8 Å². The molecule has 102 valence electrons. The van der Waals surface area contributed by atoms with Crippen molar-refractivity contribution in [2.24, 2.45) is 5.41 Å². The predicted molar refractivity (Wildman–Crippen MR) is 78.4 cm³/mol. The number of thiocarbonyl (C=S) groups is 1. The van der Waals surface area contributed by atoms with E-state index in [2.05, 4.69) is 17.6 Å². The van der Waals surface area contributed by atoms with E-state index >= 15 is 0 Å². The highest BCUT2D eigenvalue weighted by molar-refractivity contribution is 8.00. The standard InChI is InChI=1S/C12H20N2O2S2/c1-4-7-8(18-6-3)12(5-2)9(15)13-11(17)14-10(12)16/h8H,4-7H2,1-3H3,(H2,13,14,15,16,17). The van der Waals surface area contributed by atoms with Gasteiger partial charge in [0.2, 0.25) is 11.8 Å². The van der Waals surface area contributed by atoms with Crippen LogP contribution in [0.15, 0.2) is 0 Å². The van der Waals surface area contributed by atoms with Crippen LogP contribution in [0.3, 0.4) is 0 Å². The summed E-state index contributed by atoms with van der Waals surface area (Å²) in [7, 11) is 0. The number of nitrogens with one attached hydrogen (secondary N) is 2. The van der Waals surface area contributed by atoms with Crippen LogP contribution in [0.25, 0.3) is 0 Å². The number of hydrogen-bond acceptors (Lipinski definition) is 4. The lowest BCUT2D eigenvalue weighted by atomic mass is 9.77. The van der Waals surface area contributed by atoms with Gasteiger partial charge in [0.15, 0.2) is 5.11 Å². The van der Waals surface area contributed by atoms with Crippen molar-refractivity contribution in [2.45, 2.75) is 45.3 Å². The highest BCUT2D eigenvalue weighted by atomic mass is 32.2. The number of carbonyl (C=O) groups is 2. The van der Waals surface area contributed by atoms with Crippen LogP contribution < -0.4 is 10.6 Å². The quantitative estimate of drug-likeness (QED) is 0.578. The summed E-state index contributed by atoms with van der Waals surface area (Å²) in [6.07, 6.45) is 2.29. The van der Waals surface area contributed by atoms with Crippen LogP contribution in [0, 0.1) is 5.41 Å². The molecule has 1 saturated heterocycles. The van der Waals surface area contributed by atoms with Crippen molar-refractivity contribution < 1.29 is 9.59 Å².